The van der Waals surface area contributed by atoms with Gasteiger partial charge in [-0.3, -0.25) is 14.6 Å². The maximum absolute atomic E-state index is 13.3. The summed E-state index contributed by atoms with van der Waals surface area (Å²) in [6.45, 7) is 1.78. The van der Waals surface area contributed by atoms with Gasteiger partial charge < -0.3 is 10.2 Å². The summed E-state index contributed by atoms with van der Waals surface area (Å²) >= 11 is 0. The summed E-state index contributed by atoms with van der Waals surface area (Å²) in [6, 6.07) is 12.2. The van der Waals surface area contributed by atoms with Crippen LogP contribution in [0.3, 0.4) is 0 Å². The molecule has 5 nitrogen and oxygen atoms in total. The molecule has 0 unspecified atom stereocenters. The Hall–Kier alpha value is -3.35. The number of nitrogens with one attached hydrogen (secondary N) is 1. The van der Waals surface area contributed by atoms with Gasteiger partial charge in [-0.1, -0.05) is 18.2 Å². The first kappa shape index (κ1) is 18.4. The van der Waals surface area contributed by atoms with Crippen LogP contribution in [0.25, 0.3) is 10.9 Å². The number of fused-ring (bicyclic) bond motifs is 1. The number of aromatic nitrogens is 1. The summed E-state index contributed by atoms with van der Waals surface area (Å²) in [5, 5.41) is 3.50. The first-order valence-electron chi connectivity index (χ1n) is 8.32. The van der Waals surface area contributed by atoms with Gasteiger partial charge in [-0.25, -0.2) is 8.78 Å². The molecule has 2 amide bonds. The number of para-hydroxylation sites is 1. The van der Waals surface area contributed by atoms with Crippen LogP contribution in [0.15, 0.2) is 54.7 Å². The molecule has 0 spiro atoms. The topological polar surface area (TPSA) is 62.3 Å². The molecule has 0 aliphatic carbocycles. The van der Waals surface area contributed by atoms with Gasteiger partial charge in [0.25, 0.3) is 5.91 Å². The van der Waals surface area contributed by atoms with E-state index in [4.69, 9.17) is 0 Å². The highest BCUT2D eigenvalue weighted by atomic mass is 19.2. The van der Waals surface area contributed by atoms with Crippen LogP contribution >= 0.6 is 0 Å². The van der Waals surface area contributed by atoms with Crippen LogP contribution in [0.5, 0.6) is 0 Å². The number of amides is 2. The van der Waals surface area contributed by atoms with Crippen molar-refractivity contribution in [3.63, 3.8) is 0 Å². The standard InChI is InChI=1S/C20H17F2N3O2/c1-13(26)25(18-6-2-4-14-5-3-9-23-19(14)18)11-10-24-20(27)15-7-8-16(21)17(22)12-15/h2-9,12H,10-11H2,1H3,(H,24,27). The molecule has 0 radical (unpaired) electrons. The molecule has 0 fully saturated rings. The van der Waals surface area contributed by atoms with Crippen LogP contribution in [-0.4, -0.2) is 29.9 Å². The Kier molecular flexibility index (Phi) is 5.40. The van der Waals surface area contributed by atoms with Crippen molar-refractivity contribution in [1.29, 1.82) is 0 Å². The van der Waals surface area contributed by atoms with E-state index in [1.54, 1.807) is 12.3 Å². The van der Waals surface area contributed by atoms with Crippen LogP contribution in [0.1, 0.15) is 17.3 Å². The van der Waals surface area contributed by atoms with E-state index in [1.807, 2.05) is 24.3 Å². The van der Waals surface area contributed by atoms with Crippen LogP contribution in [-0.2, 0) is 4.79 Å². The van der Waals surface area contributed by atoms with Crippen molar-refractivity contribution >= 4 is 28.4 Å². The van der Waals surface area contributed by atoms with Crippen LogP contribution in [0.4, 0.5) is 14.5 Å². The third-order valence-electron chi connectivity index (χ3n) is 4.09. The van der Waals surface area contributed by atoms with Crippen molar-refractivity contribution < 1.29 is 18.4 Å². The smallest absolute Gasteiger partial charge is 0.251 e. The van der Waals surface area contributed by atoms with E-state index >= 15 is 0 Å². The van der Waals surface area contributed by atoms with Crippen molar-refractivity contribution in [2.45, 2.75) is 6.92 Å². The van der Waals surface area contributed by atoms with Crippen molar-refractivity contribution in [3.8, 4) is 0 Å². The molecule has 138 valence electrons. The van der Waals surface area contributed by atoms with Gasteiger partial charge in [0, 0.05) is 37.2 Å². The van der Waals surface area contributed by atoms with Gasteiger partial charge in [0.2, 0.25) is 5.91 Å². The zero-order chi connectivity index (χ0) is 19.4. The molecule has 2 aromatic carbocycles. The Morgan fingerprint density at radius 1 is 1.07 bits per heavy atom. The molecule has 0 atom stereocenters. The lowest BCUT2D eigenvalue weighted by Gasteiger charge is -2.22. The van der Waals surface area contributed by atoms with Crippen molar-refractivity contribution in [3.05, 3.63) is 71.9 Å². The molecule has 0 aliphatic rings. The number of halogens is 2. The molecule has 0 bridgehead atoms. The molecule has 1 heterocycles. The van der Waals surface area contributed by atoms with E-state index in [1.165, 1.54) is 17.9 Å². The summed E-state index contributed by atoms with van der Waals surface area (Å²) < 4.78 is 26.2. The SMILES string of the molecule is CC(=O)N(CCNC(=O)c1ccc(F)c(F)c1)c1cccc2cccnc12. The lowest BCUT2D eigenvalue weighted by Crippen LogP contribution is -2.37. The molecular weight excluding hydrogens is 352 g/mol. The average Bonchev–Trinajstić information content (AvgIpc) is 2.66. The van der Waals surface area contributed by atoms with Gasteiger partial charge in [-0.2, -0.15) is 0 Å². The van der Waals surface area contributed by atoms with E-state index in [9.17, 15) is 18.4 Å². The largest absolute Gasteiger partial charge is 0.350 e. The number of anilines is 1. The summed E-state index contributed by atoms with van der Waals surface area (Å²) in [5.41, 5.74) is 1.33. The lowest BCUT2D eigenvalue weighted by atomic mass is 10.1. The van der Waals surface area contributed by atoms with E-state index in [-0.39, 0.29) is 24.6 Å². The van der Waals surface area contributed by atoms with Crippen molar-refractivity contribution in [1.82, 2.24) is 10.3 Å². The van der Waals surface area contributed by atoms with Crippen molar-refractivity contribution in [2.24, 2.45) is 0 Å². The number of benzene rings is 2. The van der Waals surface area contributed by atoms with E-state index in [2.05, 4.69) is 10.3 Å². The van der Waals surface area contributed by atoms with E-state index in [0.29, 0.717) is 11.2 Å². The molecule has 0 saturated carbocycles. The van der Waals surface area contributed by atoms with E-state index in [0.717, 1.165) is 17.5 Å². The Morgan fingerprint density at radius 2 is 1.85 bits per heavy atom. The van der Waals surface area contributed by atoms with Crippen LogP contribution in [0, 0.1) is 11.6 Å². The fourth-order valence-corrected chi connectivity index (χ4v) is 2.77. The van der Waals surface area contributed by atoms with Gasteiger partial charge >= 0.3 is 0 Å². The van der Waals surface area contributed by atoms with Crippen LogP contribution < -0.4 is 10.2 Å². The minimum absolute atomic E-state index is 0.00935. The fraction of sp³-hybridized carbons (Fsp3) is 0.150. The quantitative estimate of drug-likeness (QED) is 0.751. The number of rotatable bonds is 5. The first-order valence-corrected chi connectivity index (χ1v) is 8.32. The number of hydrogen-bond acceptors (Lipinski definition) is 3. The Bertz CT molecular complexity index is 1000. The number of pyridine rings is 1. The summed E-state index contributed by atoms with van der Waals surface area (Å²) in [4.78, 5) is 30.1. The molecule has 27 heavy (non-hydrogen) atoms. The molecule has 1 N–H and O–H groups in total. The molecular formula is C20H17F2N3O2. The zero-order valence-corrected chi connectivity index (χ0v) is 14.6. The highest BCUT2D eigenvalue weighted by Crippen LogP contribution is 2.24. The summed E-state index contributed by atoms with van der Waals surface area (Å²) in [7, 11) is 0. The molecule has 1 aromatic heterocycles. The molecule has 7 heteroatoms. The van der Waals surface area contributed by atoms with Gasteiger partial charge in [0.05, 0.1) is 11.2 Å². The van der Waals surface area contributed by atoms with Crippen molar-refractivity contribution in [2.75, 3.05) is 18.0 Å². The Balaban J connectivity index is 1.73. The summed E-state index contributed by atoms with van der Waals surface area (Å²) in [5.74, 6) is -2.85. The number of carbonyl (C=O) groups is 2. The second kappa shape index (κ2) is 7.90. The minimum atomic E-state index is -1.09. The Morgan fingerprint density at radius 3 is 2.59 bits per heavy atom. The fourth-order valence-electron chi connectivity index (χ4n) is 2.77. The number of hydrogen-bond donors (Lipinski definition) is 1. The highest BCUT2D eigenvalue weighted by Gasteiger charge is 2.16. The minimum Gasteiger partial charge on any atom is -0.350 e. The predicted molar refractivity (Wildman–Crippen MR) is 98.5 cm³/mol. The Labute approximate surface area is 154 Å². The van der Waals surface area contributed by atoms with Crippen LogP contribution in [0.2, 0.25) is 0 Å². The second-order valence-corrected chi connectivity index (χ2v) is 5.91. The van der Waals surface area contributed by atoms with E-state index < -0.39 is 17.5 Å². The molecule has 3 rings (SSSR count). The zero-order valence-electron chi connectivity index (χ0n) is 14.6. The molecule has 0 aliphatic heterocycles. The second-order valence-electron chi connectivity index (χ2n) is 5.91. The third-order valence-corrected chi connectivity index (χ3v) is 4.09. The predicted octanol–water partition coefficient (Wildman–Crippen LogP) is 3.30. The van der Waals surface area contributed by atoms with Gasteiger partial charge in [0.15, 0.2) is 11.6 Å². The monoisotopic (exact) mass is 369 g/mol. The molecule has 3 aromatic rings. The maximum Gasteiger partial charge on any atom is 0.251 e. The number of nitrogens with zero attached hydrogens (tertiary/aromatic N) is 2. The average molecular weight is 369 g/mol. The van der Waals surface area contributed by atoms with Gasteiger partial charge in [-0.15, -0.1) is 0 Å². The maximum atomic E-state index is 13.3. The van der Waals surface area contributed by atoms with Gasteiger partial charge in [0.1, 0.15) is 0 Å². The normalized spacial score (nSPS) is 10.6. The lowest BCUT2D eigenvalue weighted by molar-refractivity contribution is -0.116. The first-order chi connectivity index (χ1) is 13.0. The molecule has 0 saturated heterocycles. The van der Waals surface area contributed by atoms with Gasteiger partial charge in [-0.05, 0) is 30.3 Å². The third kappa shape index (κ3) is 4.08. The summed E-state index contributed by atoms with van der Waals surface area (Å²) in [6.07, 6.45) is 1.65. The number of carbonyl (C=O) groups excluding carboxylic acids is 2. The highest BCUT2D eigenvalue weighted by molar-refractivity contribution is 6.01.